The van der Waals surface area contributed by atoms with E-state index in [1.807, 2.05) is 25.8 Å². The third-order valence-electron chi connectivity index (χ3n) is 2.42. The number of likely N-dealkylation sites (N-methyl/N-ethyl adjacent to an activating group) is 1. The van der Waals surface area contributed by atoms with Crippen molar-refractivity contribution >= 4 is 27.4 Å². The lowest BCUT2D eigenvalue weighted by atomic mass is 10.2. The van der Waals surface area contributed by atoms with E-state index in [2.05, 4.69) is 20.9 Å². The number of hydrogen-bond donors (Lipinski definition) is 1. The minimum absolute atomic E-state index is 0.699. The first-order chi connectivity index (χ1) is 7.57. The molecule has 0 aliphatic rings. The van der Waals surface area contributed by atoms with Crippen LogP contribution >= 0.6 is 15.9 Å². The van der Waals surface area contributed by atoms with Gasteiger partial charge in [0.05, 0.1) is 23.0 Å². The molecular formula is C11H18BrN3O. The molecule has 5 heteroatoms. The highest BCUT2D eigenvalue weighted by atomic mass is 79.9. The Balaban J connectivity index is 2.76. The molecule has 16 heavy (non-hydrogen) atoms. The van der Waals surface area contributed by atoms with E-state index in [-0.39, 0.29) is 0 Å². The van der Waals surface area contributed by atoms with Crippen molar-refractivity contribution < 1.29 is 4.74 Å². The normalized spacial score (nSPS) is 10.5. The van der Waals surface area contributed by atoms with Gasteiger partial charge in [0.2, 0.25) is 0 Å². The van der Waals surface area contributed by atoms with E-state index in [0.29, 0.717) is 12.3 Å². The molecule has 2 N–H and O–H groups in total. The minimum atomic E-state index is 0.699. The van der Waals surface area contributed by atoms with E-state index in [1.54, 1.807) is 6.20 Å². The number of nitrogens with zero attached hydrogens (tertiary/aromatic N) is 2. The number of nitrogen functional groups attached to an aromatic ring is 1. The smallest absolute Gasteiger partial charge is 0.143 e. The Morgan fingerprint density at radius 1 is 1.56 bits per heavy atom. The highest BCUT2D eigenvalue weighted by Crippen LogP contribution is 2.29. The number of aromatic nitrogens is 1. The molecule has 1 heterocycles. The van der Waals surface area contributed by atoms with E-state index in [0.717, 1.165) is 29.0 Å². The Hall–Kier alpha value is -0.810. The third-order valence-corrected chi connectivity index (χ3v) is 3.37. The quantitative estimate of drug-likeness (QED) is 0.844. The number of hydrogen-bond acceptors (Lipinski definition) is 4. The number of ether oxygens (including phenoxy) is 1. The van der Waals surface area contributed by atoms with Gasteiger partial charge in [0.25, 0.3) is 0 Å². The molecule has 0 bridgehead atoms. The lowest BCUT2D eigenvalue weighted by molar-refractivity contribution is 0.154. The largest absolute Gasteiger partial charge is 0.397 e. The van der Waals surface area contributed by atoms with Crippen molar-refractivity contribution in [3.63, 3.8) is 0 Å². The van der Waals surface area contributed by atoms with Crippen LogP contribution in [0.5, 0.6) is 0 Å². The summed E-state index contributed by atoms with van der Waals surface area (Å²) in [7, 11) is 1.99. The molecule has 0 radical (unpaired) electrons. The predicted molar refractivity (Wildman–Crippen MR) is 70.8 cm³/mol. The van der Waals surface area contributed by atoms with Crippen LogP contribution in [0.15, 0.2) is 10.7 Å². The zero-order valence-electron chi connectivity index (χ0n) is 9.96. The van der Waals surface area contributed by atoms with Gasteiger partial charge >= 0.3 is 0 Å². The zero-order chi connectivity index (χ0) is 12.1. The van der Waals surface area contributed by atoms with E-state index in [4.69, 9.17) is 10.5 Å². The van der Waals surface area contributed by atoms with E-state index >= 15 is 0 Å². The van der Waals surface area contributed by atoms with Crippen molar-refractivity contribution in [2.24, 2.45) is 0 Å². The van der Waals surface area contributed by atoms with Crippen LogP contribution in [0.25, 0.3) is 0 Å². The molecule has 90 valence electrons. The van der Waals surface area contributed by atoms with E-state index in [9.17, 15) is 0 Å². The van der Waals surface area contributed by atoms with Crippen molar-refractivity contribution in [3.05, 3.63) is 16.2 Å². The Morgan fingerprint density at radius 2 is 2.25 bits per heavy atom. The summed E-state index contributed by atoms with van der Waals surface area (Å²) in [5, 5.41) is 0. The summed E-state index contributed by atoms with van der Waals surface area (Å²) < 4.78 is 6.26. The monoisotopic (exact) mass is 287 g/mol. The average molecular weight is 288 g/mol. The fraction of sp³-hybridized carbons (Fsp3) is 0.545. The molecule has 0 fully saturated rings. The van der Waals surface area contributed by atoms with Crippen molar-refractivity contribution in [3.8, 4) is 0 Å². The van der Waals surface area contributed by atoms with Gasteiger partial charge in [0.15, 0.2) is 0 Å². The summed E-state index contributed by atoms with van der Waals surface area (Å²) in [5.74, 6) is 0.895. The molecule has 0 amide bonds. The Labute approximate surface area is 105 Å². The minimum Gasteiger partial charge on any atom is -0.397 e. The Bertz CT molecular complexity index is 357. The van der Waals surface area contributed by atoms with Gasteiger partial charge < -0.3 is 15.4 Å². The summed E-state index contributed by atoms with van der Waals surface area (Å²) in [4.78, 5) is 6.36. The van der Waals surface area contributed by atoms with Crippen molar-refractivity contribution in [2.45, 2.75) is 13.8 Å². The maximum absolute atomic E-state index is 5.78. The Morgan fingerprint density at radius 3 is 2.88 bits per heavy atom. The lowest BCUT2D eigenvalue weighted by Gasteiger charge is -2.20. The van der Waals surface area contributed by atoms with Gasteiger partial charge in [0.1, 0.15) is 5.82 Å². The number of anilines is 2. The molecule has 0 atom stereocenters. The van der Waals surface area contributed by atoms with Gasteiger partial charge in [-0.15, -0.1) is 0 Å². The van der Waals surface area contributed by atoms with E-state index in [1.165, 1.54) is 0 Å². The second kappa shape index (κ2) is 6.06. The molecule has 1 aromatic heterocycles. The molecule has 4 nitrogen and oxygen atoms in total. The third kappa shape index (κ3) is 3.09. The highest BCUT2D eigenvalue weighted by Gasteiger charge is 2.11. The molecule has 1 rings (SSSR count). The van der Waals surface area contributed by atoms with Crippen LogP contribution in [0, 0.1) is 6.92 Å². The highest BCUT2D eigenvalue weighted by molar-refractivity contribution is 9.10. The van der Waals surface area contributed by atoms with Crippen molar-refractivity contribution in [1.29, 1.82) is 0 Å². The van der Waals surface area contributed by atoms with Gasteiger partial charge in [0, 0.05) is 20.2 Å². The number of rotatable bonds is 5. The summed E-state index contributed by atoms with van der Waals surface area (Å²) in [6.07, 6.45) is 1.69. The fourth-order valence-electron chi connectivity index (χ4n) is 1.30. The standard InChI is InChI=1S/C11H18BrN3O/c1-4-16-6-5-15(3)11-10(12)8(2)9(13)7-14-11/h7H,4-6,13H2,1-3H3. The van der Waals surface area contributed by atoms with Gasteiger partial charge in [-0.3, -0.25) is 0 Å². The number of halogens is 1. The summed E-state index contributed by atoms with van der Waals surface area (Å²) in [6.45, 7) is 6.21. The maximum Gasteiger partial charge on any atom is 0.143 e. The second-order valence-corrected chi connectivity index (χ2v) is 4.39. The predicted octanol–water partition coefficient (Wildman–Crippen LogP) is 2.21. The number of pyridine rings is 1. The first kappa shape index (κ1) is 13.3. The maximum atomic E-state index is 5.78. The fourth-order valence-corrected chi connectivity index (χ4v) is 1.93. The summed E-state index contributed by atoms with van der Waals surface area (Å²) in [5.41, 5.74) is 7.50. The van der Waals surface area contributed by atoms with E-state index < -0.39 is 0 Å². The molecule has 0 unspecified atom stereocenters. The second-order valence-electron chi connectivity index (χ2n) is 3.59. The SMILES string of the molecule is CCOCCN(C)c1ncc(N)c(C)c1Br. The lowest BCUT2D eigenvalue weighted by Crippen LogP contribution is -2.24. The van der Waals surface area contributed by atoms with Crippen LogP contribution in [0.3, 0.4) is 0 Å². The van der Waals surface area contributed by atoms with Crippen LogP contribution in [0.1, 0.15) is 12.5 Å². The first-order valence-corrected chi connectivity index (χ1v) is 6.06. The topological polar surface area (TPSA) is 51.4 Å². The molecule has 0 spiro atoms. The molecule has 0 aliphatic heterocycles. The van der Waals surface area contributed by atoms with Gasteiger partial charge in [-0.1, -0.05) is 0 Å². The van der Waals surface area contributed by atoms with Crippen LogP contribution in [0.2, 0.25) is 0 Å². The van der Waals surface area contributed by atoms with Gasteiger partial charge in [-0.25, -0.2) is 4.98 Å². The van der Waals surface area contributed by atoms with Crippen LogP contribution in [0.4, 0.5) is 11.5 Å². The van der Waals surface area contributed by atoms with Crippen LogP contribution in [-0.4, -0.2) is 31.8 Å². The van der Waals surface area contributed by atoms with Crippen molar-refractivity contribution in [1.82, 2.24) is 4.98 Å². The molecular weight excluding hydrogens is 270 g/mol. The molecule has 0 aromatic carbocycles. The van der Waals surface area contributed by atoms with Gasteiger partial charge in [-0.2, -0.15) is 0 Å². The van der Waals surface area contributed by atoms with Crippen LogP contribution in [-0.2, 0) is 4.74 Å². The summed E-state index contributed by atoms with van der Waals surface area (Å²) >= 11 is 3.52. The molecule has 0 saturated heterocycles. The molecule has 1 aromatic rings. The molecule has 0 aliphatic carbocycles. The van der Waals surface area contributed by atoms with Crippen LogP contribution < -0.4 is 10.6 Å². The zero-order valence-corrected chi connectivity index (χ0v) is 11.5. The summed E-state index contributed by atoms with van der Waals surface area (Å²) in [6, 6.07) is 0. The first-order valence-electron chi connectivity index (χ1n) is 5.27. The number of nitrogens with two attached hydrogens (primary N) is 1. The average Bonchev–Trinajstić information content (AvgIpc) is 2.26. The van der Waals surface area contributed by atoms with Crippen molar-refractivity contribution in [2.75, 3.05) is 37.4 Å². The molecule has 0 saturated carbocycles. The Kier molecular flexibility index (Phi) is 5.02. The van der Waals surface area contributed by atoms with Gasteiger partial charge in [-0.05, 0) is 35.3 Å².